The summed E-state index contributed by atoms with van der Waals surface area (Å²) >= 11 is 0. The Morgan fingerprint density at radius 1 is 1.11 bits per heavy atom. The fourth-order valence-electron chi connectivity index (χ4n) is 2.06. The molecule has 1 N–H and O–H groups in total. The topological polar surface area (TPSA) is 12.0 Å². The van der Waals surface area contributed by atoms with Crippen molar-refractivity contribution in [3.8, 4) is 0 Å². The van der Waals surface area contributed by atoms with Gasteiger partial charge >= 0.3 is 29.6 Å². The molecule has 1 aliphatic heterocycles. The molecule has 1 heterocycles. The molecule has 0 bridgehead atoms. The minimum atomic E-state index is -1.40. The second-order valence-corrected chi connectivity index (χ2v) is 4.44. The van der Waals surface area contributed by atoms with Gasteiger partial charge in [0.15, 0.2) is 17.5 Å². The number of halogens is 3. The van der Waals surface area contributed by atoms with Gasteiger partial charge < -0.3 is 5.32 Å². The van der Waals surface area contributed by atoms with Crippen molar-refractivity contribution in [1.82, 2.24) is 5.32 Å². The van der Waals surface area contributed by atoms with Crippen LogP contribution >= 0.6 is 0 Å². The quantitative estimate of drug-likeness (QED) is 0.493. The van der Waals surface area contributed by atoms with Crippen molar-refractivity contribution in [3.05, 3.63) is 35.1 Å². The van der Waals surface area contributed by atoms with E-state index in [4.69, 9.17) is 0 Å². The molecule has 0 aromatic heterocycles. The van der Waals surface area contributed by atoms with Gasteiger partial charge in [-0.15, -0.1) is 0 Å². The molecule has 2 rings (SSSR count). The van der Waals surface area contributed by atoms with Crippen molar-refractivity contribution in [3.63, 3.8) is 0 Å². The van der Waals surface area contributed by atoms with Crippen molar-refractivity contribution in [2.75, 3.05) is 6.54 Å². The number of hydrogen-bond donors (Lipinski definition) is 1. The first-order chi connectivity index (χ1) is 7.58. The van der Waals surface area contributed by atoms with Gasteiger partial charge in [-0.3, -0.25) is 0 Å². The fraction of sp³-hybridized carbons (Fsp3) is 0.500. The summed E-state index contributed by atoms with van der Waals surface area (Å²) in [4.78, 5) is 0. The van der Waals surface area contributed by atoms with E-state index in [1.807, 2.05) is 0 Å². The molecule has 0 spiro atoms. The number of nitrogens with one attached hydrogen (secondary N) is 1. The molecule has 2 atom stereocenters. The van der Waals surface area contributed by atoms with Gasteiger partial charge in [0.2, 0.25) is 0 Å². The van der Waals surface area contributed by atoms with Crippen LogP contribution in [0.5, 0.6) is 0 Å². The van der Waals surface area contributed by atoms with Gasteiger partial charge in [0.25, 0.3) is 0 Å². The maximum atomic E-state index is 13.0. The third-order valence-electron chi connectivity index (χ3n) is 3.07. The molecular weight excluding hydrogens is 249 g/mol. The zero-order chi connectivity index (χ0) is 11.7. The average molecular weight is 267 g/mol. The molecular formula is C12H18BF3NNa. The first kappa shape index (κ1) is 18.0. The minimum absolute atomic E-state index is 0. The van der Waals surface area contributed by atoms with E-state index in [-0.39, 0.29) is 44.0 Å². The molecule has 1 aromatic rings. The molecule has 1 fully saturated rings. The standard InChI is InChI=1S/C12H14F3N.BH4.Na/c1-7-2-3-11(16-6-7)8-4-9(13)12(15)10(14)5-8;;/h4-5,7,11,16H,2-3,6H2,1H3;1H4;/q;-1;+1/t7-,11+;;/m0../s1. The van der Waals surface area contributed by atoms with Crippen LogP contribution in [0.15, 0.2) is 12.1 Å². The summed E-state index contributed by atoms with van der Waals surface area (Å²) in [5.41, 5.74) is 0.489. The molecule has 0 aliphatic carbocycles. The molecule has 1 aromatic carbocycles. The van der Waals surface area contributed by atoms with Crippen LogP contribution in [0.4, 0.5) is 13.2 Å². The Morgan fingerprint density at radius 2 is 1.67 bits per heavy atom. The second kappa shape index (κ2) is 7.58. The van der Waals surface area contributed by atoms with E-state index in [0.29, 0.717) is 11.5 Å². The summed E-state index contributed by atoms with van der Waals surface area (Å²) in [6, 6.07) is 2.08. The van der Waals surface area contributed by atoms with Gasteiger partial charge in [-0.2, -0.15) is 0 Å². The smallest absolute Gasteiger partial charge is 0.310 e. The maximum Gasteiger partial charge on any atom is 1.00 e. The van der Waals surface area contributed by atoms with E-state index in [1.165, 1.54) is 0 Å². The molecule has 6 heteroatoms. The van der Waals surface area contributed by atoms with Crippen LogP contribution < -0.4 is 34.9 Å². The monoisotopic (exact) mass is 267 g/mol. The third kappa shape index (κ3) is 4.02. The Morgan fingerprint density at radius 3 is 2.11 bits per heavy atom. The van der Waals surface area contributed by atoms with Crippen LogP contribution in [-0.2, 0) is 0 Å². The van der Waals surface area contributed by atoms with Gasteiger partial charge in [0, 0.05) is 6.04 Å². The first-order valence-corrected chi connectivity index (χ1v) is 5.45. The molecule has 0 amide bonds. The van der Waals surface area contributed by atoms with Crippen molar-refractivity contribution in [1.29, 1.82) is 0 Å². The fourth-order valence-corrected chi connectivity index (χ4v) is 2.06. The Hall–Kier alpha value is 0.0349. The third-order valence-corrected chi connectivity index (χ3v) is 3.07. The number of hydrogen-bond acceptors (Lipinski definition) is 1. The van der Waals surface area contributed by atoms with Gasteiger partial charge in [0.05, 0.1) is 0 Å². The van der Waals surface area contributed by atoms with Gasteiger partial charge in [-0.05, 0) is 43.0 Å². The van der Waals surface area contributed by atoms with E-state index in [1.54, 1.807) is 0 Å². The number of benzene rings is 1. The number of piperidine rings is 1. The Bertz CT molecular complexity index is 372. The Balaban J connectivity index is 0.00000144. The Kier molecular flexibility index (Phi) is 7.60. The molecule has 0 saturated carbocycles. The van der Waals surface area contributed by atoms with Crippen molar-refractivity contribution >= 4 is 8.41 Å². The van der Waals surface area contributed by atoms with Gasteiger partial charge in [0.1, 0.15) is 0 Å². The number of rotatable bonds is 1. The zero-order valence-corrected chi connectivity index (χ0v) is 12.1. The summed E-state index contributed by atoms with van der Waals surface area (Å²) in [6.07, 6.45) is 1.84. The summed E-state index contributed by atoms with van der Waals surface area (Å²) in [5, 5.41) is 3.20. The largest absolute Gasteiger partial charge is 1.00 e. The SMILES string of the molecule is C[C@H]1CC[C@H](c2cc(F)c(F)c(F)c2)NC1.[BH4-].[Na+]. The Labute approximate surface area is 129 Å². The van der Waals surface area contributed by atoms with E-state index in [9.17, 15) is 13.2 Å². The minimum Gasteiger partial charge on any atom is -0.310 e. The van der Waals surface area contributed by atoms with Crippen LogP contribution in [0.1, 0.15) is 31.4 Å². The first-order valence-electron chi connectivity index (χ1n) is 5.45. The second-order valence-electron chi connectivity index (χ2n) is 4.44. The van der Waals surface area contributed by atoms with Gasteiger partial charge in [-0.1, -0.05) is 15.3 Å². The predicted molar refractivity (Wildman–Crippen MR) is 66.8 cm³/mol. The summed E-state index contributed by atoms with van der Waals surface area (Å²) < 4.78 is 38.8. The van der Waals surface area contributed by atoms with Crippen molar-refractivity contribution in [2.45, 2.75) is 25.8 Å². The van der Waals surface area contributed by atoms with Crippen LogP contribution in [0.3, 0.4) is 0 Å². The average Bonchev–Trinajstić information content (AvgIpc) is 2.26. The van der Waals surface area contributed by atoms with Crippen LogP contribution in [0.2, 0.25) is 0 Å². The van der Waals surface area contributed by atoms with Crippen molar-refractivity contribution < 1.29 is 42.7 Å². The van der Waals surface area contributed by atoms with Crippen LogP contribution in [0.25, 0.3) is 0 Å². The maximum absolute atomic E-state index is 13.0. The zero-order valence-electron chi connectivity index (χ0n) is 10.1. The molecule has 96 valence electrons. The molecule has 1 aliphatic rings. The van der Waals surface area contributed by atoms with E-state index in [2.05, 4.69) is 12.2 Å². The van der Waals surface area contributed by atoms with E-state index < -0.39 is 17.5 Å². The summed E-state index contributed by atoms with van der Waals surface area (Å²) in [7, 11) is 0. The molecule has 1 saturated heterocycles. The summed E-state index contributed by atoms with van der Waals surface area (Å²) in [6.45, 7) is 2.94. The predicted octanol–water partition coefficient (Wildman–Crippen LogP) is -1.28. The molecule has 1 nitrogen and oxygen atoms in total. The van der Waals surface area contributed by atoms with Crippen LogP contribution in [-0.4, -0.2) is 15.0 Å². The summed E-state index contributed by atoms with van der Waals surface area (Å²) in [5.74, 6) is -3.05. The normalized spacial score (nSPS) is 22.9. The molecule has 0 radical (unpaired) electrons. The van der Waals surface area contributed by atoms with Gasteiger partial charge in [-0.25, -0.2) is 13.2 Å². The van der Waals surface area contributed by atoms with Crippen LogP contribution in [0, 0.1) is 23.4 Å². The molecule has 18 heavy (non-hydrogen) atoms. The molecule has 0 unspecified atom stereocenters. The van der Waals surface area contributed by atoms with E-state index in [0.717, 1.165) is 31.5 Å². The van der Waals surface area contributed by atoms with E-state index >= 15 is 0 Å². The van der Waals surface area contributed by atoms with Crippen molar-refractivity contribution in [2.24, 2.45) is 5.92 Å².